The van der Waals surface area contributed by atoms with Crippen LogP contribution in [0.2, 0.25) is 0 Å². The fraction of sp³-hybridized carbons (Fsp3) is 0.667. The Balaban J connectivity index is 1.64. The summed E-state index contributed by atoms with van der Waals surface area (Å²) < 4.78 is 5.85. The van der Waals surface area contributed by atoms with Crippen LogP contribution in [0.15, 0.2) is 24.5 Å². The van der Waals surface area contributed by atoms with Gasteiger partial charge in [0.2, 0.25) is 0 Å². The summed E-state index contributed by atoms with van der Waals surface area (Å²) in [6, 6.07) is 3.80. The van der Waals surface area contributed by atoms with Gasteiger partial charge in [-0.3, -0.25) is 9.78 Å². The van der Waals surface area contributed by atoms with Crippen molar-refractivity contribution in [2.45, 2.75) is 52.6 Å². The van der Waals surface area contributed by atoms with E-state index in [9.17, 15) is 4.79 Å². The smallest absolute Gasteiger partial charge is 0.313 e. The minimum absolute atomic E-state index is 0.0911. The average Bonchev–Trinajstić information content (AvgIpc) is 2.48. The molecule has 5 atom stereocenters. The van der Waals surface area contributed by atoms with Crippen molar-refractivity contribution in [3.8, 4) is 0 Å². The molecule has 21 heavy (non-hydrogen) atoms. The van der Waals surface area contributed by atoms with Crippen LogP contribution < -0.4 is 0 Å². The molecule has 1 heterocycles. The maximum Gasteiger partial charge on any atom is 0.313 e. The van der Waals surface area contributed by atoms with Gasteiger partial charge in [0.15, 0.2) is 0 Å². The summed E-state index contributed by atoms with van der Waals surface area (Å²) in [6.45, 7) is 8.86. The minimum Gasteiger partial charge on any atom is -0.462 e. The molecule has 0 unspecified atom stereocenters. The van der Waals surface area contributed by atoms with E-state index in [4.69, 9.17) is 4.74 Å². The van der Waals surface area contributed by atoms with Crippen molar-refractivity contribution in [3.05, 3.63) is 30.1 Å². The molecule has 3 aliphatic rings. The van der Waals surface area contributed by atoms with Crippen LogP contribution in [-0.2, 0) is 9.53 Å². The SMILES string of the molecule is C[C@@H]1[C@H](OC(=O)[C@@H](C)c2cccnc2)C[C@H]2C[C@@H]1C2(C)C. The van der Waals surface area contributed by atoms with Crippen molar-refractivity contribution in [1.82, 2.24) is 4.98 Å². The number of rotatable bonds is 3. The van der Waals surface area contributed by atoms with Gasteiger partial charge < -0.3 is 4.74 Å². The summed E-state index contributed by atoms with van der Waals surface area (Å²) in [4.78, 5) is 16.5. The molecule has 1 aromatic heterocycles. The van der Waals surface area contributed by atoms with E-state index in [2.05, 4.69) is 25.8 Å². The van der Waals surface area contributed by atoms with Gasteiger partial charge in [-0.15, -0.1) is 0 Å². The molecule has 3 nitrogen and oxygen atoms in total. The standard InChI is InChI=1S/C18H25NO2/c1-11(13-6-5-7-19-10-13)17(20)21-16-9-14-8-15(12(16)2)18(14,3)4/h5-7,10-12,14-16H,8-9H2,1-4H3/t11-,12-,14+,15-,16+/m0/s1. The molecular weight excluding hydrogens is 262 g/mol. The third kappa shape index (κ3) is 2.37. The Bertz CT molecular complexity index is 525. The lowest BCUT2D eigenvalue weighted by Crippen LogP contribution is -2.57. The Labute approximate surface area is 127 Å². The number of fused-ring (bicyclic) bond motifs is 2. The largest absolute Gasteiger partial charge is 0.462 e. The first-order valence-corrected chi connectivity index (χ1v) is 8.01. The van der Waals surface area contributed by atoms with Crippen LogP contribution >= 0.6 is 0 Å². The quantitative estimate of drug-likeness (QED) is 0.794. The van der Waals surface area contributed by atoms with Crippen molar-refractivity contribution in [2.75, 3.05) is 0 Å². The average molecular weight is 287 g/mol. The molecule has 3 fully saturated rings. The molecule has 0 saturated heterocycles. The van der Waals surface area contributed by atoms with Gasteiger partial charge in [0.25, 0.3) is 0 Å². The van der Waals surface area contributed by atoms with Crippen LogP contribution in [0.5, 0.6) is 0 Å². The van der Waals surface area contributed by atoms with Crippen LogP contribution in [0.1, 0.15) is 52.0 Å². The third-order valence-electron chi connectivity index (χ3n) is 6.09. The van der Waals surface area contributed by atoms with E-state index in [-0.39, 0.29) is 18.0 Å². The molecule has 0 aromatic carbocycles. The van der Waals surface area contributed by atoms with Crippen LogP contribution in [0.4, 0.5) is 0 Å². The van der Waals surface area contributed by atoms with Gasteiger partial charge in [0, 0.05) is 12.4 Å². The normalized spacial score (nSPS) is 34.7. The lowest BCUT2D eigenvalue weighted by molar-refractivity contribution is -0.187. The van der Waals surface area contributed by atoms with E-state index >= 15 is 0 Å². The summed E-state index contributed by atoms with van der Waals surface area (Å²) in [5, 5.41) is 0. The van der Waals surface area contributed by atoms with Gasteiger partial charge in [-0.1, -0.05) is 26.8 Å². The van der Waals surface area contributed by atoms with E-state index in [0.717, 1.165) is 12.0 Å². The Morgan fingerprint density at radius 1 is 1.43 bits per heavy atom. The van der Waals surface area contributed by atoms with E-state index in [1.807, 2.05) is 19.1 Å². The molecule has 4 rings (SSSR count). The molecule has 114 valence electrons. The zero-order valence-corrected chi connectivity index (χ0v) is 13.4. The number of carbonyl (C=O) groups excluding carboxylic acids is 1. The van der Waals surface area contributed by atoms with Crippen LogP contribution in [0.3, 0.4) is 0 Å². The molecule has 0 radical (unpaired) electrons. The van der Waals surface area contributed by atoms with Crippen molar-refractivity contribution in [2.24, 2.45) is 23.2 Å². The van der Waals surface area contributed by atoms with Crippen LogP contribution in [0, 0.1) is 23.2 Å². The summed E-state index contributed by atoms with van der Waals surface area (Å²) >= 11 is 0. The van der Waals surface area contributed by atoms with Crippen LogP contribution in [-0.4, -0.2) is 17.1 Å². The fourth-order valence-corrected chi connectivity index (χ4v) is 4.28. The Kier molecular flexibility index (Phi) is 3.54. The zero-order valence-electron chi connectivity index (χ0n) is 13.4. The van der Waals surface area contributed by atoms with Gasteiger partial charge in [-0.05, 0) is 54.6 Å². The fourth-order valence-electron chi connectivity index (χ4n) is 4.28. The number of esters is 1. The molecule has 2 bridgehead atoms. The molecule has 1 aromatic rings. The number of carbonyl (C=O) groups is 1. The molecule has 0 spiro atoms. The van der Waals surface area contributed by atoms with E-state index in [0.29, 0.717) is 23.2 Å². The van der Waals surface area contributed by atoms with E-state index in [1.54, 1.807) is 12.4 Å². The van der Waals surface area contributed by atoms with E-state index in [1.165, 1.54) is 6.42 Å². The molecule has 0 amide bonds. The number of aromatic nitrogens is 1. The number of pyridine rings is 1. The zero-order chi connectivity index (χ0) is 15.2. The number of hydrogen-bond donors (Lipinski definition) is 0. The molecule has 3 heteroatoms. The first kappa shape index (κ1) is 14.6. The summed E-state index contributed by atoms with van der Waals surface area (Å²) in [6.07, 6.45) is 5.89. The summed E-state index contributed by atoms with van der Waals surface area (Å²) in [5.74, 6) is 1.53. The van der Waals surface area contributed by atoms with E-state index < -0.39 is 0 Å². The monoisotopic (exact) mass is 287 g/mol. The van der Waals surface area contributed by atoms with Gasteiger partial charge >= 0.3 is 5.97 Å². The second-order valence-electron chi connectivity index (χ2n) is 7.44. The predicted molar refractivity (Wildman–Crippen MR) is 81.7 cm³/mol. The number of hydrogen-bond acceptors (Lipinski definition) is 3. The molecule has 3 saturated carbocycles. The second-order valence-corrected chi connectivity index (χ2v) is 7.44. The van der Waals surface area contributed by atoms with Crippen molar-refractivity contribution >= 4 is 5.97 Å². The first-order valence-electron chi connectivity index (χ1n) is 8.01. The van der Waals surface area contributed by atoms with Gasteiger partial charge in [-0.25, -0.2) is 0 Å². The van der Waals surface area contributed by atoms with Crippen molar-refractivity contribution < 1.29 is 9.53 Å². The maximum atomic E-state index is 12.4. The molecule has 3 aliphatic carbocycles. The highest BCUT2D eigenvalue weighted by atomic mass is 16.5. The molecule has 0 N–H and O–H groups in total. The highest BCUT2D eigenvalue weighted by Gasteiger charge is 2.57. The lowest BCUT2D eigenvalue weighted by atomic mass is 9.45. The molecular formula is C18H25NO2. The Hall–Kier alpha value is -1.38. The Morgan fingerprint density at radius 3 is 2.76 bits per heavy atom. The van der Waals surface area contributed by atoms with Crippen molar-refractivity contribution in [3.63, 3.8) is 0 Å². The number of nitrogens with zero attached hydrogens (tertiary/aromatic N) is 1. The van der Waals surface area contributed by atoms with Gasteiger partial charge in [0.1, 0.15) is 6.10 Å². The highest BCUT2D eigenvalue weighted by molar-refractivity contribution is 5.77. The topological polar surface area (TPSA) is 39.2 Å². The van der Waals surface area contributed by atoms with Gasteiger partial charge in [-0.2, -0.15) is 0 Å². The predicted octanol–water partition coefficient (Wildman–Crippen LogP) is 3.80. The number of ether oxygens (including phenoxy) is 1. The Morgan fingerprint density at radius 2 is 2.19 bits per heavy atom. The first-order chi connectivity index (χ1) is 9.91. The lowest BCUT2D eigenvalue weighted by Gasteiger charge is -2.61. The minimum atomic E-state index is -0.239. The van der Waals surface area contributed by atoms with Crippen molar-refractivity contribution in [1.29, 1.82) is 0 Å². The third-order valence-corrected chi connectivity index (χ3v) is 6.09. The maximum absolute atomic E-state index is 12.4. The molecule has 0 aliphatic heterocycles. The summed E-state index contributed by atoms with van der Waals surface area (Å²) in [5.41, 5.74) is 1.36. The van der Waals surface area contributed by atoms with Gasteiger partial charge in [0.05, 0.1) is 5.92 Å². The summed E-state index contributed by atoms with van der Waals surface area (Å²) in [7, 11) is 0. The second kappa shape index (κ2) is 5.11. The highest BCUT2D eigenvalue weighted by Crippen LogP contribution is 2.61. The van der Waals surface area contributed by atoms with Crippen LogP contribution in [0.25, 0.3) is 0 Å².